The molecule has 0 spiro atoms. The van der Waals surface area contributed by atoms with E-state index in [0.29, 0.717) is 43.0 Å². The molecule has 3 aromatic heterocycles. The van der Waals surface area contributed by atoms with Gasteiger partial charge in [-0.3, -0.25) is 4.79 Å². The summed E-state index contributed by atoms with van der Waals surface area (Å²) in [4.78, 5) is 31.8. The maximum atomic E-state index is 14.5. The summed E-state index contributed by atoms with van der Waals surface area (Å²) in [6.45, 7) is 0.985. The first-order valence-electron chi connectivity index (χ1n) is 14.3. The van der Waals surface area contributed by atoms with E-state index in [9.17, 15) is 27.2 Å². The van der Waals surface area contributed by atoms with Gasteiger partial charge in [-0.2, -0.15) is 5.10 Å². The molecule has 1 aliphatic carbocycles. The third kappa shape index (κ3) is 6.15. The molecule has 6 rings (SSSR count). The summed E-state index contributed by atoms with van der Waals surface area (Å²) in [6.07, 6.45) is 3.95. The Morgan fingerprint density at radius 3 is 2.53 bits per heavy atom. The number of halogens is 4. The normalized spacial score (nSPS) is 22.7. The zero-order chi connectivity index (χ0) is 30.4. The van der Waals surface area contributed by atoms with Crippen LogP contribution in [-0.4, -0.2) is 79.9 Å². The molecule has 1 saturated carbocycles. The fourth-order valence-electron chi connectivity index (χ4n) is 6.34. The van der Waals surface area contributed by atoms with Crippen LogP contribution in [-0.2, 0) is 4.74 Å². The van der Waals surface area contributed by atoms with Crippen LogP contribution in [0, 0.1) is 18.8 Å². The Bertz CT molecular complexity index is 1480. The van der Waals surface area contributed by atoms with Crippen molar-refractivity contribution in [1.82, 2.24) is 40.4 Å². The third-order valence-electron chi connectivity index (χ3n) is 8.62. The van der Waals surface area contributed by atoms with Gasteiger partial charge in [-0.1, -0.05) is 5.16 Å². The van der Waals surface area contributed by atoms with Crippen molar-refractivity contribution in [1.29, 1.82) is 0 Å². The predicted octanol–water partition coefficient (Wildman–Crippen LogP) is 3.85. The highest BCUT2D eigenvalue weighted by molar-refractivity contribution is 5.93. The molecular weight excluding hydrogens is 576 g/mol. The summed E-state index contributed by atoms with van der Waals surface area (Å²) in [5, 5.41) is 16.9. The van der Waals surface area contributed by atoms with Gasteiger partial charge in [0, 0.05) is 26.1 Å². The Morgan fingerprint density at radius 2 is 1.84 bits per heavy atom. The number of fused-ring (bicyclic) bond motifs is 1. The topological polar surface area (TPSA) is 140 Å². The summed E-state index contributed by atoms with van der Waals surface area (Å²) in [7, 11) is 0. The van der Waals surface area contributed by atoms with E-state index < -0.39 is 49.0 Å². The van der Waals surface area contributed by atoms with Crippen molar-refractivity contribution in [2.24, 2.45) is 11.8 Å². The zero-order valence-electron chi connectivity index (χ0n) is 23.4. The number of alkyl halides is 4. The lowest BCUT2D eigenvalue weighted by atomic mass is 9.81. The second-order valence-corrected chi connectivity index (χ2v) is 11.6. The Kier molecular flexibility index (Phi) is 7.73. The van der Waals surface area contributed by atoms with Gasteiger partial charge < -0.3 is 20.3 Å². The number of amides is 3. The Balaban J connectivity index is 1.34. The molecule has 0 aromatic carbocycles. The number of imidazole rings is 1. The van der Waals surface area contributed by atoms with E-state index in [4.69, 9.17) is 9.72 Å². The quantitative estimate of drug-likeness (QED) is 0.386. The van der Waals surface area contributed by atoms with Crippen LogP contribution in [0.3, 0.4) is 0 Å². The second kappa shape index (κ2) is 11.4. The Labute approximate surface area is 243 Å². The van der Waals surface area contributed by atoms with Crippen molar-refractivity contribution in [3.05, 3.63) is 41.1 Å². The molecule has 43 heavy (non-hydrogen) atoms. The number of nitrogens with one attached hydrogen (secondary N) is 2. The van der Waals surface area contributed by atoms with Crippen molar-refractivity contribution in [3.8, 4) is 0 Å². The average Bonchev–Trinajstić information content (AvgIpc) is 3.60. The van der Waals surface area contributed by atoms with E-state index in [1.54, 1.807) is 19.2 Å². The molecule has 3 amide bonds. The summed E-state index contributed by atoms with van der Waals surface area (Å²) >= 11 is 0. The zero-order valence-corrected chi connectivity index (χ0v) is 23.4. The molecule has 2 aliphatic heterocycles. The SMILES string of the molecule is Cc1nonc1C(=O)N[C@H](c1cn2ncc(C(C3CCOCC3)N3CC(F)(F)CNC3=O)cc2n1)C1CCC(F)(F)CC1. The first-order valence-corrected chi connectivity index (χ1v) is 14.3. The number of carbonyl (C=O) groups excluding carboxylic acids is 2. The minimum Gasteiger partial charge on any atom is -0.381 e. The Morgan fingerprint density at radius 1 is 1.09 bits per heavy atom. The molecule has 0 bridgehead atoms. The van der Waals surface area contributed by atoms with E-state index in [1.807, 2.05) is 0 Å². The number of carbonyl (C=O) groups is 2. The van der Waals surface area contributed by atoms with Gasteiger partial charge in [-0.25, -0.2) is 36.5 Å². The lowest BCUT2D eigenvalue weighted by Crippen LogP contribution is -2.58. The largest absolute Gasteiger partial charge is 0.381 e. The van der Waals surface area contributed by atoms with Crippen LogP contribution in [0.1, 0.15) is 78.0 Å². The van der Waals surface area contributed by atoms with E-state index >= 15 is 0 Å². The molecule has 16 heteroatoms. The predicted molar refractivity (Wildman–Crippen MR) is 140 cm³/mol. The molecule has 0 radical (unpaired) electrons. The number of ether oxygens (including phenoxy) is 1. The minimum atomic E-state index is -3.10. The third-order valence-corrected chi connectivity index (χ3v) is 8.62. The number of hydrogen-bond donors (Lipinski definition) is 2. The fourth-order valence-corrected chi connectivity index (χ4v) is 6.34. The van der Waals surface area contributed by atoms with Gasteiger partial charge in [0.05, 0.1) is 43.3 Å². The van der Waals surface area contributed by atoms with Crippen LogP contribution >= 0.6 is 0 Å². The second-order valence-electron chi connectivity index (χ2n) is 11.6. The van der Waals surface area contributed by atoms with Gasteiger partial charge in [0.25, 0.3) is 11.8 Å². The number of aromatic nitrogens is 5. The van der Waals surface area contributed by atoms with Crippen LogP contribution in [0.5, 0.6) is 0 Å². The van der Waals surface area contributed by atoms with Gasteiger partial charge in [-0.15, -0.1) is 0 Å². The van der Waals surface area contributed by atoms with Crippen LogP contribution in [0.4, 0.5) is 22.4 Å². The van der Waals surface area contributed by atoms with Gasteiger partial charge in [-0.05, 0) is 61.2 Å². The molecule has 2 atom stereocenters. The van der Waals surface area contributed by atoms with Crippen LogP contribution in [0.2, 0.25) is 0 Å². The number of nitrogens with zero attached hydrogens (tertiary/aromatic N) is 6. The van der Waals surface area contributed by atoms with Crippen LogP contribution in [0.15, 0.2) is 23.1 Å². The smallest absolute Gasteiger partial charge is 0.318 e. The van der Waals surface area contributed by atoms with Gasteiger partial charge in [0.1, 0.15) is 5.69 Å². The summed E-state index contributed by atoms with van der Waals surface area (Å²) < 4.78 is 68.6. The molecular formula is C27H32F4N8O4. The average molecular weight is 609 g/mol. The summed E-state index contributed by atoms with van der Waals surface area (Å²) in [5.41, 5.74) is 1.54. The first kappa shape index (κ1) is 29.3. The molecule has 3 aromatic rings. The number of hydrogen-bond acceptors (Lipinski definition) is 8. The minimum absolute atomic E-state index is 0.0220. The van der Waals surface area contributed by atoms with E-state index in [1.165, 1.54) is 10.7 Å². The summed E-state index contributed by atoms with van der Waals surface area (Å²) in [5.74, 6) is -6.95. The van der Waals surface area contributed by atoms with Gasteiger partial charge in [0.2, 0.25) is 5.92 Å². The van der Waals surface area contributed by atoms with Crippen molar-refractivity contribution in [3.63, 3.8) is 0 Å². The lowest BCUT2D eigenvalue weighted by Gasteiger charge is -2.42. The van der Waals surface area contributed by atoms with Crippen molar-refractivity contribution >= 4 is 17.6 Å². The summed E-state index contributed by atoms with van der Waals surface area (Å²) in [6, 6.07) is -0.342. The molecule has 3 fully saturated rings. The van der Waals surface area contributed by atoms with Gasteiger partial charge >= 0.3 is 6.03 Å². The van der Waals surface area contributed by atoms with Crippen molar-refractivity contribution in [2.75, 3.05) is 26.3 Å². The lowest BCUT2D eigenvalue weighted by molar-refractivity contribution is -0.0570. The molecule has 5 heterocycles. The highest BCUT2D eigenvalue weighted by atomic mass is 19.3. The monoisotopic (exact) mass is 608 g/mol. The highest BCUT2D eigenvalue weighted by Crippen LogP contribution is 2.42. The van der Waals surface area contributed by atoms with E-state index in [0.717, 1.165) is 4.90 Å². The molecule has 232 valence electrons. The highest BCUT2D eigenvalue weighted by Gasteiger charge is 2.45. The standard InChI is InChI=1S/C27H32F4N8O4/c1-15-21(37-43-36-15)24(40)35-22(16-2-6-26(28,29)7-3-16)19-12-39-20(34-19)10-18(11-33-39)23(17-4-8-42-9-5-17)38-14-27(30,31)13-32-25(38)41/h10-12,16-17,22-23H,2-9,13-14H2,1H3,(H,32,41)(H,35,40)/t22-,23?/m0/s1. The molecule has 3 aliphatic rings. The molecule has 1 unspecified atom stereocenters. The Hall–Kier alpha value is -3.82. The van der Waals surface area contributed by atoms with E-state index in [-0.39, 0.29) is 48.9 Å². The van der Waals surface area contributed by atoms with Gasteiger partial charge in [0.15, 0.2) is 11.3 Å². The first-order chi connectivity index (χ1) is 20.5. The number of aryl methyl sites for hydroxylation is 1. The van der Waals surface area contributed by atoms with Crippen LogP contribution in [0.25, 0.3) is 5.65 Å². The number of urea groups is 1. The maximum absolute atomic E-state index is 14.5. The molecule has 12 nitrogen and oxygen atoms in total. The fraction of sp³-hybridized carbons (Fsp3) is 0.630. The molecule has 2 N–H and O–H groups in total. The van der Waals surface area contributed by atoms with Crippen molar-refractivity contribution < 1.29 is 36.5 Å². The van der Waals surface area contributed by atoms with Crippen LogP contribution < -0.4 is 10.6 Å². The maximum Gasteiger partial charge on any atom is 0.318 e. The van der Waals surface area contributed by atoms with E-state index in [2.05, 4.69) is 30.7 Å². The number of rotatable bonds is 7. The van der Waals surface area contributed by atoms with Crippen molar-refractivity contribution in [2.45, 2.75) is 69.4 Å². The molecule has 2 saturated heterocycles.